The number of rotatable bonds is 0. The third kappa shape index (κ3) is 0.485. The second kappa shape index (κ2) is 1.50. The molecule has 0 aromatic carbocycles. The van der Waals surface area contributed by atoms with Crippen LogP contribution in [0.15, 0.2) is 0 Å². The summed E-state index contributed by atoms with van der Waals surface area (Å²) in [5, 5.41) is 9.31. The Kier molecular flexibility index (Phi) is 0.945. The quantitative estimate of drug-likeness (QED) is 0.490. The van der Waals surface area contributed by atoms with Crippen LogP contribution in [-0.4, -0.2) is 17.3 Å². The maximum atomic E-state index is 9.31. The fourth-order valence-corrected chi connectivity index (χ4v) is 2.09. The van der Waals surface area contributed by atoms with Crippen LogP contribution >= 0.6 is 0 Å². The van der Waals surface area contributed by atoms with Gasteiger partial charge in [-0.15, -0.1) is 0 Å². The van der Waals surface area contributed by atoms with Crippen LogP contribution in [0.4, 0.5) is 0 Å². The molecule has 0 aromatic heterocycles. The number of hydrogen-bond acceptors (Lipinski definition) is 2. The van der Waals surface area contributed by atoms with E-state index in [0.717, 1.165) is 19.3 Å². The van der Waals surface area contributed by atoms with E-state index in [-0.39, 0.29) is 11.5 Å². The monoisotopic (exact) mass is 127 g/mol. The van der Waals surface area contributed by atoms with E-state index in [2.05, 4.69) is 0 Å². The predicted octanol–water partition coefficient (Wildman–Crippen LogP) is 0.249. The van der Waals surface area contributed by atoms with Crippen molar-refractivity contribution in [2.45, 2.75) is 37.8 Å². The van der Waals surface area contributed by atoms with Crippen molar-refractivity contribution in [3.8, 4) is 0 Å². The summed E-state index contributed by atoms with van der Waals surface area (Å²) in [5.41, 5.74) is 5.94. The van der Waals surface area contributed by atoms with Crippen LogP contribution in [0.2, 0.25) is 0 Å². The molecular weight excluding hydrogens is 114 g/mol. The lowest BCUT2D eigenvalue weighted by Crippen LogP contribution is -2.64. The van der Waals surface area contributed by atoms with Gasteiger partial charge in [-0.2, -0.15) is 0 Å². The van der Waals surface area contributed by atoms with Crippen LogP contribution < -0.4 is 5.73 Å². The zero-order chi connectivity index (χ0) is 6.48. The molecule has 2 aliphatic rings. The Morgan fingerprint density at radius 1 is 1.44 bits per heavy atom. The highest BCUT2D eigenvalue weighted by Gasteiger charge is 2.55. The van der Waals surface area contributed by atoms with Gasteiger partial charge in [-0.1, -0.05) is 6.42 Å². The first kappa shape index (κ1) is 5.69. The van der Waals surface area contributed by atoms with Crippen molar-refractivity contribution in [1.82, 2.24) is 0 Å². The minimum absolute atomic E-state index is 0.0683. The van der Waals surface area contributed by atoms with Crippen LogP contribution in [0, 0.1) is 5.41 Å². The molecular formula is C7H13NO. The number of hydrogen-bond donors (Lipinski definition) is 2. The fraction of sp³-hybridized carbons (Fsp3) is 1.00. The molecule has 2 heteroatoms. The topological polar surface area (TPSA) is 46.2 Å². The normalized spacial score (nSPS) is 46.0. The second-order valence-corrected chi connectivity index (χ2v) is 3.44. The van der Waals surface area contributed by atoms with Crippen molar-refractivity contribution >= 4 is 0 Å². The Balaban J connectivity index is 2.08. The summed E-state index contributed by atoms with van der Waals surface area (Å²) in [6, 6.07) is 0.307. The van der Waals surface area contributed by atoms with Crippen LogP contribution in [0.25, 0.3) is 0 Å². The van der Waals surface area contributed by atoms with Crippen molar-refractivity contribution in [2.75, 3.05) is 0 Å². The van der Waals surface area contributed by atoms with E-state index in [1.54, 1.807) is 0 Å². The summed E-state index contributed by atoms with van der Waals surface area (Å²) in [5.74, 6) is 0. The third-order valence-corrected chi connectivity index (χ3v) is 3.16. The van der Waals surface area contributed by atoms with Gasteiger partial charge in [-0.3, -0.25) is 0 Å². The predicted molar refractivity (Wildman–Crippen MR) is 34.9 cm³/mol. The summed E-state index contributed by atoms with van der Waals surface area (Å²) in [6.45, 7) is 0. The van der Waals surface area contributed by atoms with E-state index in [0.29, 0.717) is 6.04 Å². The molecule has 0 heterocycles. The van der Waals surface area contributed by atoms with Gasteiger partial charge in [-0.05, 0) is 19.3 Å². The van der Waals surface area contributed by atoms with Gasteiger partial charge < -0.3 is 10.8 Å². The molecule has 0 aliphatic heterocycles. The van der Waals surface area contributed by atoms with Crippen LogP contribution in [-0.2, 0) is 0 Å². The highest BCUT2D eigenvalue weighted by Crippen LogP contribution is 2.54. The smallest absolute Gasteiger partial charge is 0.0626 e. The summed E-state index contributed by atoms with van der Waals surface area (Å²) in [7, 11) is 0. The van der Waals surface area contributed by atoms with Crippen molar-refractivity contribution < 1.29 is 5.11 Å². The summed E-state index contributed by atoms with van der Waals surface area (Å²) in [4.78, 5) is 0. The van der Waals surface area contributed by atoms with E-state index in [1.807, 2.05) is 0 Å². The molecule has 0 aromatic rings. The highest BCUT2D eigenvalue weighted by molar-refractivity contribution is 5.09. The van der Waals surface area contributed by atoms with Gasteiger partial charge in [0.1, 0.15) is 0 Å². The van der Waals surface area contributed by atoms with Gasteiger partial charge in [0.25, 0.3) is 0 Å². The SMILES string of the molecule is N[C@@H]1C[C@H](O)C12CCC2. The average molecular weight is 127 g/mol. The van der Waals surface area contributed by atoms with Gasteiger partial charge in [0, 0.05) is 11.5 Å². The van der Waals surface area contributed by atoms with Gasteiger partial charge in [0.15, 0.2) is 0 Å². The van der Waals surface area contributed by atoms with E-state index in [4.69, 9.17) is 5.73 Å². The number of aliphatic hydroxyl groups is 1. The van der Waals surface area contributed by atoms with Crippen molar-refractivity contribution in [3.05, 3.63) is 0 Å². The lowest BCUT2D eigenvalue weighted by atomic mass is 9.51. The molecule has 2 fully saturated rings. The Labute approximate surface area is 55.1 Å². The minimum Gasteiger partial charge on any atom is -0.392 e. The number of aliphatic hydroxyl groups excluding tert-OH is 1. The molecule has 2 rings (SSSR count). The second-order valence-electron chi connectivity index (χ2n) is 3.44. The Bertz CT molecular complexity index is 121. The van der Waals surface area contributed by atoms with E-state index in [9.17, 15) is 5.11 Å². The van der Waals surface area contributed by atoms with Gasteiger partial charge in [-0.25, -0.2) is 0 Å². The first-order valence-corrected chi connectivity index (χ1v) is 3.69. The molecule has 0 bridgehead atoms. The van der Waals surface area contributed by atoms with Crippen molar-refractivity contribution in [3.63, 3.8) is 0 Å². The molecule has 9 heavy (non-hydrogen) atoms. The lowest BCUT2D eigenvalue weighted by molar-refractivity contribution is -0.133. The molecule has 0 amide bonds. The summed E-state index contributed by atoms with van der Waals surface area (Å²) < 4.78 is 0. The van der Waals surface area contributed by atoms with Gasteiger partial charge >= 0.3 is 0 Å². The Hall–Kier alpha value is -0.0800. The Morgan fingerprint density at radius 3 is 2.22 bits per heavy atom. The highest BCUT2D eigenvalue weighted by atomic mass is 16.3. The van der Waals surface area contributed by atoms with E-state index < -0.39 is 0 Å². The maximum absolute atomic E-state index is 9.31. The van der Waals surface area contributed by atoms with Gasteiger partial charge in [0.2, 0.25) is 0 Å². The third-order valence-electron chi connectivity index (χ3n) is 3.16. The van der Waals surface area contributed by atoms with Crippen LogP contribution in [0.1, 0.15) is 25.7 Å². The van der Waals surface area contributed by atoms with Crippen molar-refractivity contribution in [2.24, 2.45) is 11.1 Å². The molecule has 2 atom stereocenters. The van der Waals surface area contributed by atoms with Crippen molar-refractivity contribution in [1.29, 1.82) is 0 Å². The molecule has 0 saturated heterocycles. The first-order chi connectivity index (χ1) is 4.26. The van der Waals surface area contributed by atoms with Crippen LogP contribution in [0.5, 0.6) is 0 Å². The zero-order valence-electron chi connectivity index (χ0n) is 5.51. The lowest BCUT2D eigenvalue weighted by Gasteiger charge is -2.58. The standard InChI is InChI=1S/C7H13NO/c8-5-4-6(9)7(5)2-1-3-7/h5-6,9H,1-4,8H2/t5-,6+/m1/s1. The van der Waals surface area contributed by atoms with E-state index >= 15 is 0 Å². The summed E-state index contributed by atoms with van der Waals surface area (Å²) >= 11 is 0. The Morgan fingerprint density at radius 2 is 2.11 bits per heavy atom. The van der Waals surface area contributed by atoms with E-state index in [1.165, 1.54) is 6.42 Å². The van der Waals surface area contributed by atoms with Gasteiger partial charge in [0.05, 0.1) is 6.10 Å². The first-order valence-electron chi connectivity index (χ1n) is 3.69. The summed E-state index contributed by atoms with van der Waals surface area (Å²) in [6.07, 6.45) is 4.36. The molecule has 2 aliphatic carbocycles. The largest absolute Gasteiger partial charge is 0.392 e. The minimum atomic E-state index is -0.0683. The maximum Gasteiger partial charge on any atom is 0.0626 e. The molecule has 0 radical (unpaired) electrons. The molecule has 1 spiro atoms. The number of nitrogens with two attached hydrogens (primary N) is 1. The average Bonchev–Trinajstić information content (AvgIpc) is 1.60. The molecule has 52 valence electrons. The fourth-order valence-electron chi connectivity index (χ4n) is 2.09. The molecule has 0 unspecified atom stereocenters. The van der Waals surface area contributed by atoms with Crippen LogP contribution in [0.3, 0.4) is 0 Å². The molecule has 2 nitrogen and oxygen atoms in total. The zero-order valence-corrected chi connectivity index (χ0v) is 5.51. The molecule has 3 N–H and O–H groups in total. The molecule has 2 saturated carbocycles.